The molecule has 2 N–H and O–H groups in total. The Bertz CT molecular complexity index is 805. The number of benzene rings is 1. The van der Waals surface area contributed by atoms with Gasteiger partial charge in [-0.3, -0.25) is 4.79 Å². The van der Waals surface area contributed by atoms with Crippen molar-refractivity contribution in [2.24, 2.45) is 0 Å². The van der Waals surface area contributed by atoms with Crippen molar-refractivity contribution in [2.45, 2.75) is 6.54 Å². The molecule has 116 valence electrons. The van der Waals surface area contributed by atoms with Crippen LogP contribution in [0.15, 0.2) is 63.8 Å². The van der Waals surface area contributed by atoms with Crippen molar-refractivity contribution in [3.63, 3.8) is 0 Å². The van der Waals surface area contributed by atoms with E-state index in [0.29, 0.717) is 18.3 Å². The number of hydrogen-bond acceptors (Lipinski definition) is 5. The van der Waals surface area contributed by atoms with Gasteiger partial charge in [-0.15, -0.1) is 0 Å². The first-order valence-corrected chi connectivity index (χ1v) is 7.66. The molecule has 0 aliphatic heterocycles. The van der Waals surface area contributed by atoms with Crippen molar-refractivity contribution in [2.75, 3.05) is 5.32 Å². The maximum Gasteiger partial charge on any atom is 0.270 e. The van der Waals surface area contributed by atoms with Gasteiger partial charge in [-0.2, -0.15) is 0 Å². The molecule has 2 heterocycles. The number of nitrogens with zero attached hydrogens (tertiary/aromatic N) is 2. The van der Waals surface area contributed by atoms with Crippen molar-refractivity contribution in [3.05, 3.63) is 70.9 Å². The molecule has 2 aromatic heterocycles. The van der Waals surface area contributed by atoms with Crippen LogP contribution in [0.4, 0.5) is 11.6 Å². The molecular formula is C16H13BrN4O2. The molecule has 0 spiro atoms. The lowest BCUT2D eigenvalue weighted by Gasteiger charge is -2.07. The molecule has 3 rings (SSSR count). The topological polar surface area (TPSA) is 80.0 Å². The molecule has 6 nitrogen and oxygen atoms in total. The molecule has 0 saturated heterocycles. The summed E-state index contributed by atoms with van der Waals surface area (Å²) in [6.45, 7) is 0.310. The summed E-state index contributed by atoms with van der Waals surface area (Å²) in [6, 6.07) is 12.7. The van der Waals surface area contributed by atoms with Crippen LogP contribution in [0.3, 0.4) is 0 Å². The van der Waals surface area contributed by atoms with Crippen molar-refractivity contribution < 1.29 is 9.21 Å². The van der Waals surface area contributed by atoms with Crippen molar-refractivity contribution in [1.82, 2.24) is 15.3 Å². The van der Waals surface area contributed by atoms with E-state index < -0.39 is 0 Å². The zero-order chi connectivity index (χ0) is 16.1. The number of halogens is 1. The summed E-state index contributed by atoms with van der Waals surface area (Å²) in [6.07, 6.45) is 3.10. The van der Waals surface area contributed by atoms with Gasteiger partial charge in [-0.1, -0.05) is 22.0 Å². The number of carbonyl (C=O) groups is 1. The van der Waals surface area contributed by atoms with Gasteiger partial charge in [0.25, 0.3) is 5.91 Å². The van der Waals surface area contributed by atoms with E-state index in [2.05, 4.69) is 36.5 Å². The van der Waals surface area contributed by atoms with Crippen LogP contribution < -0.4 is 10.6 Å². The van der Waals surface area contributed by atoms with Gasteiger partial charge in [0.1, 0.15) is 11.5 Å². The molecule has 0 atom stereocenters. The number of rotatable bonds is 5. The SMILES string of the molecule is O=C(NCc1ccco1)c1ccnc(Nc2cccc(Br)c2)n1. The fourth-order valence-corrected chi connectivity index (χ4v) is 2.31. The fraction of sp³-hybridized carbons (Fsp3) is 0.0625. The second-order valence-corrected chi connectivity index (χ2v) is 5.58. The second kappa shape index (κ2) is 7.06. The van der Waals surface area contributed by atoms with Crippen LogP contribution in [0, 0.1) is 0 Å². The van der Waals surface area contributed by atoms with Crippen LogP contribution in [-0.2, 0) is 6.54 Å². The molecule has 0 aliphatic carbocycles. The minimum absolute atomic E-state index is 0.282. The van der Waals surface area contributed by atoms with Crippen LogP contribution in [-0.4, -0.2) is 15.9 Å². The summed E-state index contributed by atoms with van der Waals surface area (Å²) in [5.74, 6) is 0.745. The molecule has 1 amide bonds. The quantitative estimate of drug-likeness (QED) is 0.716. The normalized spacial score (nSPS) is 10.3. The van der Waals surface area contributed by atoms with Gasteiger partial charge in [0.2, 0.25) is 5.95 Å². The first kappa shape index (κ1) is 15.2. The summed E-state index contributed by atoms with van der Waals surface area (Å²) in [7, 11) is 0. The third kappa shape index (κ3) is 4.17. The Balaban J connectivity index is 1.68. The molecule has 0 fully saturated rings. The van der Waals surface area contributed by atoms with E-state index in [0.717, 1.165) is 10.2 Å². The minimum Gasteiger partial charge on any atom is -0.467 e. The van der Waals surface area contributed by atoms with Gasteiger partial charge in [-0.25, -0.2) is 9.97 Å². The molecular weight excluding hydrogens is 360 g/mol. The highest BCUT2D eigenvalue weighted by molar-refractivity contribution is 9.10. The molecule has 0 unspecified atom stereocenters. The van der Waals surface area contributed by atoms with E-state index in [9.17, 15) is 4.79 Å². The zero-order valence-corrected chi connectivity index (χ0v) is 13.6. The van der Waals surface area contributed by atoms with Crippen molar-refractivity contribution in [1.29, 1.82) is 0 Å². The van der Waals surface area contributed by atoms with Gasteiger partial charge in [0, 0.05) is 16.4 Å². The number of aromatic nitrogens is 2. The van der Waals surface area contributed by atoms with Crippen molar-refractivity contribution >= 4 is 33.5 Å². The summed E-state index contributed by atoms with van der Waals surface area (Å²) >= 11 is 3.40. The fourth-order valence-electron chi connectivity index (χ4n) is 1.91. The summed E-state index contributed by atoms with van der Waals surface area (Å²) in [5, 5.41) is 5.80. The van der Waals surface area contributed by atoms with Crippen LogP contribution >= 0.6 is 15.9 Å². The Morgan fingerprint density at radius 1 is 1.22 bits per heavy atom. The van der Waals surface area contributed by atoms with Crippen LogP contribution in [0.5, 0.6) is 0 Å². The molecule has 3 aromatic rings. The van der Waals surface area contributed by atoms with E-state index in [4.69, 9.17) is 4.42 Å². The van der Waals surface area contributed by atoms with Crippen LogP contribution in [0.2, 0.25) is 0 Å². The molecule has 1 aromatic carbocycles. The number of hydrogen-bond donors (Lipinski definition) is 2. The van der Waals surface area contributed by atoms with E-state index in [-0.39, 0.29) is 11.6 Å². The first-order chi connectivity index (χ1) is 11.2. The van der Waals surface area contributed by atoms with E-state index in [1.165, 1.54) is 6.20 Å². The molecule has 23 heavy (non-hydrogen) atoms. The number of anilines is 2. The minimum atomic E-state index is -0.291. The molecule has 0 saturated carbocycles. The summed E-state index contributed by atoms with van der Waals surface area (Å²) in [5.41, 5.74) is 1.11. The van der Waals surface area contributed by atoms with Gasteiger partial charge < -0.3 is 15.1 Å². The smallest absolute Gasteiger partial charge is 0.270 e. The van der Waals surface area contributed by atoms with Crippen molar-refractivity contribution in [3.8, 4) is 0 Å². The Hall–Kier alpha value is -2.67. The Kier molecular flexibility index (Phi) is 4.68. The average Bonchev–Trinajstić information content (AvgIpc) is 3.06. The highest BCUT2D eigenvalue weighted by Gasteiger charge is 2.09. The van der Waals surface area contributed by atoms with E-state index in [1.54, 1.807) is 24.5 Å². The summed E-state index contributed by atoms with van der Waals surface area (Å²) in [4.78, 5) is 20.5. The van der Waals surface area contributed by atoms with Crippen LogP contribution in [0.1, 0.15) is 16.2 Å². The Morgan fingerprint density at radius 2 is 2.13 bits per heavy atom. The number of amides is 1. The monoisotopic (exact) mass is 372 g/mol. The molecule has 0 aliphatic rings. The van der Waals surface area contributed by atoms with E-state index in [1.807, 2.05) is 24.3 Å². The molecule has 0 radical (unpaired) electrons. The predicted molar refractivity (Wildman–Crippen MR) is 89.3 cm³/mol. The Labute approximate surface area is 141 Å². The van der Waals surface area contributed by atoms with Crippen LogP contribution in [0.25, 0.3) is 0 Å². The average molecular weight is 373 g/mol. The van der Waals surface area contributed by atoms with Gasteiger partial charge >= 0.3 is 0 Å². The molecule has 0 bridgehead atoms. The lowest BCUT2D eigenvalue weighted by molar-refractivity contribution is 0.0943. The molecule has 7 heteroatoms. The van der Waals surface area contributed by atoms with Gasteiger partial charge in [-0.05, 0) is 36.4 Å². The summed E-state index contributed by atoms with van der Waals surface area (Å²) < 4.78 is 6.11. The second-order valence-electron chi connectivity index (χ2n) is 4.66. The standard InChI is InChI=1S/C16H13BrN4O2/c17-11-3-1-4-12(9-11)20-16-18-7-6-14(21-16)15(22)19-10-13-5-2-8-23-13/h1-9H,10H2,(H,19,22)(H,18,20,21). The highest BCUT2D eigenvalue weighted by atomic mass is 79.9. The maximum absolute atomic E-state index is 12.1. The Morgan fingerprint density at radius 3 is 2.91 bits per heavy atom. The number of nitrogens with one attached hydrogen (secondary N) is 2. The van der Waals surface area contributed by atoms with Gasteiger partial charge in [0.05, 0.1) is 12.8 Å². The number of carbonyl (C=O) groups excluding carboxylic acids is 1. The third-order valence-electron chi connectivity index (χ3n) is 2.97. The third-order valence-corrected chi connectivity index (χ3v) is 3.47. The lowest BCUT2D eigenvalue weighted by Crippen LogP contribution is -2.23. The highest BCUT2D eigenvalue weighted by Crippen LogP contribution is 2.18. The first-order valence-electron chi connectivity index (χ1n) is 6.87. The zero-order valence-electron chi connectivity index (χ0n) is 12.0. The van der Waals surface area contributed by atoms with E-state index >= 15 is 0 Å². The predicted octanol–water partition coefficient (Wildman–Crippen LogP) is 3.51. The largest absolute Gasteiger partial charge is 0.467 e. The maximum atomic E-state index is 12.1. The number of furan rings is 1. The van der Waals surface area contributed by atoms with Gasteiger partial charge in [0.15, 0.2) is 0 Å². The lowest BCUT2D eigenvalue weighted by atomic mass is 10.3.